The topological polar surface area (TPSA) is 56.6 Å². The Morgan fingerprint density at radius 2 is 2.00 bits per heavy atom. The van der Waals surface area contributed by atoms with E-state index in [0.29, 0.717) is 19.5 Å². The molecule has 3 rings (SSSR count). The summed E-state index contributed by atoms with van der Waals surface area (Å²) in [4.78, 5) is 14.4. The van der Waals surface area contributed by atoms with E-state index >= 15 is 0 Å². The molecule has 24 heavy (non-hydrogen) atoms. The minimum Gasteiger partial charge on any atom is -0.400 e. The second-order valence-electron chi connectivity index (χ2n) is 7.49. The van der Waals surface area contributed by atoms with E-state index < -0.39 is 0 Å². The van der Waals surface area contributed by atoms with E-state index in [9.17, 15) is 4.79 Å². The molecule has 1 amide bonds. The van der Waals surface area contributed by atoms with Crippen molar-refractivity contribution < 1.29 is 14.1 Å². The molecule has 1 saturated heterocycles. The first-order valence-corrected chi connectivity index (χ1v) is 8.58. The van der Waals surface area contributed by atoms with Gasteiger partial charge in [0.25, 0.3) is 0 Å². The summed E-state index contributed by atoms with van der Waals surface area (Å²) in [5.74, 6) is 0.146. The smallest absolute Gasteiger partial charge is 0.400 e. The molecule has 2 aliphatic heterocycles. The van der Waals surface area contributed by atoms with Crippen molar-refractivity contribution in [2.24, 2.45) is 0 Å². The monoisotopic (exact) mass is 331 g/mol. The predicted molar refractivity (Wildman–Crippen MR) is 92.2 cm³/mol. The molecule has 2 aliphatic rings. The average Bonchev–Trinajstić information content (AvgIpc) is 3.11. The number of amides is 1. The van der Waals surface area contributed by atoms with Gasteiger partial charge in [0.1, 0.15) is 0 Å². The molecule has 130 valence electrons. The fraction of sp³-hybridized carbons (Fsp3) is 0.647. The Morgan fingerprint density at radius 3 is 2.62 bits per heavy atom. The summed E-state index contributed by atoms with van der Waals surface area (Å²) < 4.78 is 14.0. The fourth-order valence-electron chi connectivity index (χ4n) is 2.95. The summed E-state index contributed by atoms with van der Waals surface area (Å²) in [6, 6.07) is 1.87. The van der Waals surface area contributed by atoms with Crippen LogP contribution in [0.5, 0.6) is 0 Å². The number of carbonyl (C=O) groups is 1. The molecule has 3 heterocycles. The maximum Gasteiger partial charge on any atom is 0.492 e. The van der Waals surface area contributed by atoms with E-state index in [-0.39, 0.29) is 24.2 Å². The zero-order valence-corrected chi connectivity index (χ0v) is 15.0. The number of carbonyl (C=O) groups excluding carboxylic acids is 1. The van der Waals surface area contributed by atoms with E-state index in [2.05, 4.69) is 11.2 Å². The van der Waals surface area contributed by atoms with Gasteiger partial charge in [0, 0.05) is 38.4 Å². The van der Waals surface area contributed by atoms with Crippen molar-refractivity contribution in [1.29, 1.82) is 0 Å². The molecule has 0 bridgehead atoms. The summed E-state index contributed by atoms with van der Waals surface area (Å²) in [6.07, 6.45) is 7.05. The number of nitrogens with zero attached hydrogens (tertiary/aromatic N) is 3. The predicted octanol–water partition coefficient (Wildman–Crippen LogP) is 2.06. The fourth-order valence-corrected chi connectivity index (χ4v) is 2.95. The minimum absolute atomic E-state index is 0.146. The van der Waals surface area contributed by atoms with Crippen LogP contribution in [0.25, 0.3) is 0 Å². The Morgan fingerprint density at radius 1 is 1.29 bits per heavy atom. The first kappa shape index (κ1) is 17.2. The highest BCUT2D eigenvalue weighted by molar-refractivity contribution is 6.54. The van der Waals surface area contributed by atoms with Crippen LogP contribution < -0.4 is 0 Å². The van der Waals surface area contributed by atoms with Gasteiger partial charge in [-0.2, -0.15) is 5.10 Å². The van der Waals surface area contributed by atoms with Crippen molar-refractivity contribution in [2.45, 2.75) is 58.3 Å². The summed E-state index contributed by atoms with van der Waals surface area (Å²) in [6.45, 7) is 10.1. The van der Waals surface area contributed by atoms with Crippen LogP contribution in [0.15, 0.2) is 30.0 Å². The molecule has 7 heteroatoms. The van der Waals surface area contributed by atoms with Crippen LogP contribution in [-0.4, -0.2) is 52.0 Å². The van der Waals surface area contributed by atoms with Crippen LogP contribution >= 0.6 is 0 Å². The first-order valence-electron chi connectivity index (χ1n) is 8.58. The van der Waals surface area contributed by atoms with Gasteiger partial charge in [-0.3, -0.25) is 9.48 Å². The van der Waals surface area contributed by atoms with E-state index in [0.717, 1.165) is 18.4 Å². The summed E-state index contributed by atoms with van der Waals surface area (Å²) >= 11 is 0. The van der Waals surface area contributed by atoms with Crippen LogP contribution in [0.1, 0.15) is 40.5 Å². The van der Waals surface area contributed by atoms with Crippen molar-refractivity contribution in [3.63, 3.8) is 0 Å². The minimum atomic E-state index is -0.364. The molecule has 1 aromatic heterocycles. The highest BCUT2D eigenvalue weighted by atomic mass is 16.7. The number of hydrogen-bond acceptors (Lipinski definition) is 4. The van der Waals surface area contributed by atoms with Crippen molar-refractivity contribution in [3.8, 4) is 0 Å². The Bertz CT molecular complexity index is 609. The zero-order chi connectivity index (χ0) is 17.4. The molecule has 0 aromatic carbocycles. The van der Waals surface area contributed by atoms with Crippen molar-refractivity contribution in [3.05, 3.63) is 30.0 Å². The Labute approximate surface area is 143 Å². The molecule has 0 saturated carbocycles. The molecule has 0 spiro atoms. The third kappa shape index (κ3) is 3.42. The maximum atomic E-state index is 12.5. The molecule has 1 fully saturated rings. The lowest BCUT2D eigenvalue weighted by molar-refractivity contribution is -0.131. The van der Waals surface area contributed by atoms with Gasteiger partial charge in [0.15, 0.2) is 0 Å². The van der Waals surface area contributed by atoms with E-state index in [1.807, 2.05) is 44.9 Å². The SMILES string of the molecule is CC1(C)OB(C2=CCCN(C(=O)CCn3cccn3)C2)OC1(C)C. The van der Waals surface area contributed by atoms with Crippen LogP contribution in [-0.2, 0) is 20.6 Å². The molecule has 0 unspecified atom stereocenters. The van der Waals surface area contributed by atoms with Gasteiger partial charge in [0.2, 0.25) is 5.91 Å². The molecular weight excluding hydrogens is 305 g/mol. The number of aromatic nitrogens is 2. The van der Waals surface area contributed by atoms with Gasteiger partial charge < -0.3 is 14.2 Å². The van der Waals surface area contributed by atoms with Crippen LogP contribution in [0.3, 0.4) is 0 Å². The highest BCUT2D eigenvalue weighted by Gasteiger charge is 2.52. The van der Waals surface area contributed by atoms with Crippen LogP contribution in [0.2, 0.25) is 0 Å². The Kier molecular flexibility index (Phi) is 4.57. The van der Waals surface area contributed by atoms with E-state index in [4.69, 9.17) is 9.31 Å². The lowest BCUT2D eigenvalue weighted by Gasteiger charge is -2.32. The van der Waals surface area contributed by atoms with Gasteiger partial charge in [-0.05, 0) is 45.7 Å². The molecule has 6 nitrogen and oxygen atoms in total. The van der Waals surface area contributed by atoms with Crippen molar-refractivity contribution >= 4 is 13.0 Å². The lowest BCUT2D eigenvalue weighted by atomic mass is 9.76. The standard InChI is InChI=1S/C17H26BN3O3/c1-16(2)17(3,4)24-18(23-16)14-7-5-10-20(13-14)15(22)8-12-21-11-6-9-19-21/h6-7,9,11H,5,8,10,12-13H2,1-4H3. The van der Waals surface area contributed by atoms with Crippen molar-refractivity contribution in [1.82, 2.24) is 14.7 Å². The Balaban J connectivity index is 1.58. The molecule has 0 radical (unpaired) electrons. The molecule has 0 N–H and O–H groups in total. The normalized spacial score (nSPS) is 22.6. The van der Waals surface area contributed by atoms with Gasteiger partial charge in [-0.1, -0.05) is 6.08 Å². The van der Waals surface area contributed by atoms with E-state index in [1.165, 1.54) is 0 Å². The maximum absolute atomic E-state index is 12.5. The van der Waals surface area contributed by atoms with Gasteiger partial charge in [-0.15, -0.1) is 0 Å². The van der Waals surface area contributed by atoms with Crippen LogP contribution in [0, 0.1) is 0 Å². The third-order valence-electron chi connectivity index (χ3n) is 5.20. The largest absolute Gasteiger partial charge is 0.492 e. The quantitative estimate of drug-likeness (QED) is 0.793. The molecule has 0 atom stereocenters. The molecule has 0 aliphatic carbocycles. The zero-order valence-electron chi connectivity index (χ0n) is 15.0. The summed E-state index contributed by atoms with van der Waals surface area (Å²) in [7, 11) is -0.364. The van der Waals surface area contributed by atoms with Crippen molar-refractivity contribution in [2.75, 3.05) is 13.1 Å². The van der Waals surface area contributed by atoms with Gasteiger partial charge >= 0.3 is 7.12 Å². The van der Waals surface area contributed by atoms with Gasteiger partial charge in [0.05, 0.1) is 11.2 Å². The van der Waals surface area contributed by atoms with Gasteiger partial charge in [-0.25, -0.2) is 0 Å². The summed E-state index contributed by atoms with van der Waals surface area (Å²) in [5.41, 5.74) is 0.336. The van der Waals surface area contributed by atoms with E-state index in [1.54, 1.807) is 10.9 Å². The average molecular weight is 331 g/mol. The third-order valence-corrected chi connectivity index (χ3v) is 5.20. The first-order chi connectivity index (χ1) is 11.3. The number of rotatable bonds is 4. The Hall–Kier alpha value is -1.60. The highest BCUT2D eigenvalue weighted by Crippen LogP contribution is 2.39. The second kappa shape index (κ2) is 6.37. The number of hydrogen-bond donors (Lipinski definition) is 0. The van der Waals surface area contributed by atoms with Crippen LogP contribution in [0.4, 0.5) is 0 Å². The second-order valence-corrected chi connectivity index (χ2v) is 7.49. The number of aryl methyl sites for hydroxylation is 1. The lowest BCUT2D eigenvalue weighted by Crippen LogP contribution is -2.41. The molecule has 1 aromatic rings. The molecular formula is C17H26BN3O3. The summed E-state index contributed by atoms with van der Waals surface area (Å²) in [5, 5.41) is 4.14.